The highest BCUT2D eigenvalue weighted by molar-refractivity contribution is 6.29. The zero-order valence-electron chi connectivity index (χ0n) is 31.8. The summed E-state index contributed by atoms with van der Waals surface area (Å²) in [6.07, 6.45) is 0. The molecule has 13 aromatic rings. The summed E-state index contributed by atoms with van der Waals surface area (Å²) in [5, 5.41) is 11.5. The highest BCUT2D eigenvalue weighted by Crippen LogP contribution is 2.49. The first kappa shape index (κ1) is 32.2. The van der Waals surface area contributed by atoms with Crippen LogP contribution in [0.1, 0.15) is 0 Å². The van der Waals surface area contributed by atoms with E-state index in [-0.39, 0.29) is 0 Å². The van der Waals surface area contributed by atoms with Crippen LogP contribution in [-0.4, -0.2) is 4.57 Å². The lowest BCUT2D eigenvalue weighted by Crippen LogP contribution is -1.93. The van der Waals surface area contributed by atoms with Gasteiger partial charge in [0.05, 0.1) is 16.4 Å². The Labute approximate surface area is 338 Å². The number of benzene rings is 10. The molecule has 3 nitrogen and oxygen atoms in total. The second-order valence-corrected chi connectivity index (χ2v) is 15.5. The average molecular weight is 752 g/mol. The Morgan fingerprint density at radius 3 is 1.53 bits per heavy atom. The second-order valence-electron chi connectivity index (χ2n) is 15.5. The van der Waals surface area contributed by atoms with E-state index in [2.05, 4.69) is 193 Å². The first-order valence-corrected chi connectivity index (χ1v) is 20.2. The quantitative estimate of drug-likeness (QED) is 0.168. The molecule has 0 spiro atoms. The summed E-state index contributed by atoms with van der Waals surface area (Å²) in [6.45, 7) is 0. The van der Waals surface area contributed by atoms with E-state index in [1.54, 1.807) is 0 Å². The van der Waals surface area contributed by atoms with Gasteiger partial charge in [0.25, 0.3) is 0 Å². The molecular formula is C56H33NO2. The maximum absolute atomic E-state index is 6.82. The van der Waals surface area contributed by atoms with Crippen molar-refractivity contribution in [2.45, 2.75) is 0 Å². The molecule has 0 N–H and O–H groups in total. The number of para-hydroxylation sites is 4. The number of nitrogens with zero attached hydrogens (tertiary/aromatic N) is 1. The van der Waals surface area contributed by atoms with Crippen LogP contribution in [0.2, 0.25) is 0 Å². The third kappa shape index (κ3) is 4.64. The molecule has 13 rings (SSSR count). The van der Waals surface area contributed by atoms with Crippen LogP contribution in [0.4, 0.5) is 0 Å². The van der Waals surface area contributed by atoms with Gasteiger partial charge in [-0.3, -0.25) is 0 Å². The van der Waals surface area contributed by atoms with E-state index in [9.17, 15) is 0 Å². The fourth-order valence-electron chi connectivity index (χ4n) is 9.82. The normalized spacial score (nSPS) is 12.1. The molecule has 0 amide bonds. The Morgan fingerprint density at radius 1 is 0.305 bits per heavy atom. The topological polar surface area (TPSA) is 31.2 Å². The zero-order valence-corrected chi connectivity index (χ0v) is 31.8. The molecule has 0 saturated heterocycles. The molecule has 0 saturated carbocycles. The van der Waals surface area contributed by atoms with Gasteiger partial charge in [0.2, 0.25) is 0 Å². The average Bonchev–Trinajstić information content (AvgIpc) is 3.98. The molecule has 0 radical (unpaired) electrons. The van der Waals surface area contributed by atoms with Crippen LogP contribution in [-0.2, 0) is 0 Å². The number of hydrogen-bond acceptors (Lipinski definition) is 2. The van der Waals surface area contributed by atoms with Gasteiger partial charge in [-0.05, 0) is 92.3 Å². The van der Waals surface area contributed by atoms with Crippen LogP contribution in [0, 0.1) is 0 Å². The molecule has 274 valence electrons. The summed E-state index contributed by atoms with van der Waals surface area (Å²) in [5.74, 6) is 0. The standard InChI is InChI=1S/C56H33NO2/c1-2-14-37(15-3-1)57-48-23-11-8-16-38(48)45-32-36(30-31-49(45)57)34-26-28-35(29-27-34)52-40-18-4-6-20-42(40)53(43-21-7-5-19-41(43)52)47-33-46-39-17-9-12-24-50(39)58-55(46)54-44-22-10-13-25-51(44)59-56(47)54/h1-33H. The Hall–Kier alpha value is -7.88. The Morgan fingerprint density at radius 2 is 0.814 bits per heavy atom. The highest BCUT2D eigenvalue weighted by atomic mass is 16.3. The Kier molecular flexibility index (Phi) is 6.72. The minimum absolute atomic E-state index is 0.842. The van der Waals surface area contributed by atoms with Gasteiger partial charge in [0.15, 0.2) is 0 Å². The van der Waals surface area contributed by atoms with Crippen LogP contribution >= 0.6 is 0 Å². The summed E-state index contributed by atoms with van der Waals surface area (Å²) in [7, 11) is 0. The molecule has 0 fully saturated rings. The van der Waals surface area contributed by atoms with Crippen molar-refractivity contribution in [3.63, 3.8) is 0 Å². The molecule has 0 aliphatic rings. The monoisotopic (exact) mass is 751 g/mol. The summed E-state index contributed by atoms with van der Waals surface area (Å²) >= 11 is 0. The van der Waals surface area contributed by atoms with E-state index >= 15 is 0 Å². The van der Waals surface area contributed by atoms with E-state index in [1.807, 2.05) is 12.1 Å². The lowest BCUT2D eigenvalue weighted by Gasteiger charge is -2.18. The predicted molar refractivity (Wildman–Crippen MR) is 247 cm³/mol. The van der Waals surface area contributed by atoms with E-state index in [4.69, 9.17) is 8.83 Å². The third-order valence-corrected chi connectivity index (χ3v) is 12.4. The van der Waals surface area contributed by atoms with Gasteiger partial charge in [0.1, 0.15) is 22.3 Å². The summed E-state index contributed by atoms with van der Waals surface area (Å²) < 4.78 is 15.8. The summed E-state index contributed by atoms with van der Waals surface area (Å²) in [4.78, 5) is 0. The van der Waals surface area contributed by atoms with Gasteiger partial charge in [-0.15, -0.1) is 0 Å². The van der Waals surface area contributed by atoms with Gasteiger partial charge in [-0.25, -0.2) is 0 Å². The van der Waals surface area contributed by atoms with Gasteiger partial charge in [-0.2, -0.15) is 0 Å². The number of fused-ring (bicyclic) bond motifs is 12. The zero-order chi connectivity index (χ0) is 38.6. The fraction of sp³-hybridized carbons (Fsp3) is 0. The molecule has 0 aliphatic heterocycles. The van der Waals surface area contributed by atoms with Crippen molar-refractivity contribution in [1.82, 2.24) is 4.57 Å². The summed E-state index contributed by atoms with van der Waals surface area (Å²) in [5.41, 5.74) is 14.0. The Balaban J connectivity index is 1.02. The maximum Gasteiger partial charge on any atom is 0.147 e. The van der Waals surface area contributed by atoms with Gasteiger partial charge >= 0.3 is 0 Å². The smallest absolute Gasteiger partial charge is 0.147 e. The maximum atomic E-state index is 6.82. The van der Waals surface area contributed by atoms with Crippen molar-refractivity contribution in [3.8, 4) is 39.1 Å². The van der Waals surface area contributed by atoms with Gasteiger partial charge in [-0.1, -0.05) is 152 Å². The Bertz CT molecular complexity index is 3770. The van der Waals surface area contributed by atoms with E-state index in [1.165, 1.54) is 71.3 Å². The van der Waals surface area contributed by atoms with Crippen LogP contribution in [0.25, 0.3) is 126 Å². The molecule has 0 atom stereocenters. The lowest BCUT2D eigenvalue weighted by atomic mass is 9.85. The lowest BCUT2D eigenvalue weighted by molar-refractivity contribution is 0.663. The molecule has 3 aromatic heterocycles. The fourth-order valence-corrected chi connectivity index (χ4v) is 9.82. The SMILES string of the molecule is c1ccc(-n2c3ccccc3c3cc(-c4ccc(-c5c6ccccc6c(-c6cc7c8ccccc8oc7c7c6oc6ccccc67)c6ccccc56)cc4)ccc32)cc1. The number of furan rings is 2. The van der Waals surface area contributed by atoms with Crippen molar-refractivity contribution in [3.05, 3.63) is 200 Å². The molecule has 0 unspecified atom stereocenters. The first-order valence-electron chi connectivity index (χ1n) is 20.2. The highest BCUT2D eigenvalue weighted by Gasteiger charge is 2.24. The van der Waals surface area contributed by atoms with Gasteiger partial charge in [0, 0.05) is 43.7 Å². The van der Waals surface area contributed by atoms with Crippen LogP contribution < -0.4 is 0 Å². The van der Waals surface area contributed by atoms with Crippen molar-refractivity contribution in [2.24, 2.45) is 0 Å². The van der Waals surface area contributed by atoms with Crippen molar-refractivity contribution < 1.29 is 8.83 Å². The molecule has 3 heterocycles. The van der Waals surface area contributed by atoms with Crippen molar-refractivity contribution in [2.75, 3.05) is 0 Å². The molecular weight excluding hydrogens is 719 g/mol. The molecule has 3 heteroatoms. The van der Waals surface area contributed by atoms with E-state index in [0.717, 1.165) is 55.0 Å². The second kappa shape index (κ2) is 12.3. The van der Waals surface area contributed by atoms with E-state index < -0.39 is 0 Å². The van der Waals surface area contributed by atoms with Crippen molar-refractivity contribution >= 4 is 87.2 Å². The predicted octanol–water partition coefficient (Wildman–Crippen LogP) is 15.9. The van der Waals surface area contributed by atoms with Crippen molar-refractivity contribution in [1.29, 1.82) is 0 Å². The van der Waals surface area contributed by atoms with Crippen LogP contribution in [0.15, 0.2) is 209 Å². The molecule has 59 heavy (non-hydrogen) atoms. The minimum atomic E-state index is 0.842. The first-order chi connectivity index (χ1) is 29.3. The number of aromatic nitrogens is 1. The number of rotatable bonds is 4. The van der Waals surface area contributed by atoms with Gasteiger partial charge < -0.3 is 13.4 Å². The minimum Gasteiger partial charge on any atom is -0.455 e. The molecule has 10 aromatic carbocycles. The van der Waals surface area contributed by atoms with E-state index in [0.29, 0.717) is 0 Å². The third-order valence-electron chi connectivity index (χ3n) is 12.4. The molecule has 0 aliphatic carbocycles. The molecule has 0 bridgehead atoms. The van der Waals surface area contributed by atoms with Crippen LogP contribution in [0.3, 0.4) is 0 Å². The largest absolute Gasteiger partial charge is 0.455 e. The summed E-state index contributed by atoms with van der Waals surface area (Å²) in [6, 6.07) is 72.0. The van der Waals surface area contributed by atoms with Crippen LogP contribution in [0.5, 0.6) is 0 Å². The number of hydrogen-bond donors (Lipinski definition) is 0.